The Morgan fingerprint density at radius 1 is 1.44 bits per heavy atom. The molecule has 0 bridgehead atoms. The van der Waals surface area contributed by atoms with Crippen LogP contribution in [0.25, 0.3) is 6.08 Å². The van der Waals surface area contributed by atoms with Gasteiger partial charge in [-0.2, -0.15) is 5.26 Å². The smallest absolute Gasteiger partial charge is 0.328 e. The lowest BCUT2D eigenvalue weighted by atomic mass is 10.1. The molecule has 4 heteroatoms. The topological polar surface area (TPSA) is 70.3 Å². The first kappa shape index (κ1) is 13.8. The van der Waals surface area contributed by atoms with Gasteiger partial charge in [0.05, 0.1) is 0 Å². The van der Waals surface area contributed by atoms with Crippen LogP contribution in [-0.2, 0) is 4.79 Å². The van der Waals surface area contributed by atoms with Crippen molar-refractivity contribution in [2.24, 2.45) is 0 Å². The highest BCUT2D eigenvalue weighted by Gasteiger charge is 2.09. The first-order chi connectivity index (χ1) is 8.43. The van der Waals surface area contributed by atoms with Gasteiger partial charge in [-0.25, -0.2) is 4.79 Å². The zero-order valence-corrected chi connectivity index (χ0v) is 10.6. The highest BCUT2D eigenvalue weighted by atomic mass is 16.5. The second kappa shape index (κ2) is 5.87. The van der Waals surface area contributed by atoms with Crippen molar-refractivity contribution in [3.05, 3.63) is 34.9 Å². The van der Waals surface area contributed by atoms with Crippen LogP contribution in [0.5, 0.6) is 5.75 Å². The van der Waals surface area contributed by atoms with E-state index in [1.807, 2.05) is 32.0 Å². The Hall–Kier alpha value is -2.28. The van der Waals surface area contributed by atoms with Crippen LogP contribution in [0.1, 0.15) is 23.6 Å². The summed E-state index contributed by atoms with van der Waals surface area (Å²) >= 11 is 0. The number of rotatable bonds is 4. The molecule has 0 saturated heterocycles. The Bertz CT molecular complexity index is 503. The Labute approximate surface area is 106 Å². The van der Waals surface area contributed by atoms with E-state index < -0.39 is 12.1 Å². The van der Waals surface area contributed by atoms with Gasteiger partial charge in [0.25, 0.3) is 0 Å². The molecule has 0 aliphatic heterocycles. The van der Waals surface area contributed by atoms with Crippen molar-refractivity contribution in [2.45, 2.75) is 26.9 Å². The van der Waals surface area contributed by atoms with Gasteiger partial charge in [-0.15, -0.1) is 0 Å². The Morgan fingerprint density at radius 2 is 2.00 bits per heavy atom. The molecule has 0 aliphatic carbocycles. The summed E-state index contributed by atoms with van der Waals surface area (Å²) in [5.74, 6) is -0.305. The third-order valence-electron chi connectivity index (χ3n) is 2.38. The molecule has 0 saturated carbocycles. The SMILES string of the molecule is Cc1cc(C=CC(=O)O)cc(C)c1OC(C)C#N. The molecule has 0 spiro atoms. The van der Waals surface area contributed by atoms with E-state index in [1.54, 1.807) is 6.92 Å². The van der Waals surface area contributed by atoms with Gasteiger partial charge in [-0.1, -0.05) is 0 Å². The van der Waals surface area contributed by atoms with Crippen molar-refractivity contribution in [3.8, 4) is 11.8 Å². The second-order valence-electron chi connectivity index (χ2n) is 4.04. The molecule has 1 rings (SSSR count). The Kier molecular flexibility index (Phi) is 4.50. The molecule has 1 aromatic carbocycles. The monoisotopic (exact) mass is 245 g/mol. The minimum Gasteiger partial charge on any atom is -0.478 e. The molecule has 18 heavy (non-hydrogen) atoms. The maximum atomic E-state index is 10.4. The molecular weight excluding hydrogens is 230 g/mol. The molecule has 4 nitrogen and oxygen atoms in total. The van der Waals surface area contributed by atoms with Crippen LogP contribution in [0.15, 0.2) is 18.2 Å². The zero-order valence-electron chi connectivity index (χ0n) is 10.6. The minimum atomic E-state index is -0.983. The van der Waals surface area contributed by atoms with Crippen molar-refractivity contribution >= 4 is 12.0 Å². The van der Waals surface area contributed by atoms with E-state index in [-0.39, 0.29) is 0 Å². The Morgan fingerprint density at radius 3 is 2.44 bits per heavy atom. The molecule has 0 fully saturated rings. The normalized spacial score (nSPS) is 12.1. The highest BCUT2D eigenvalue weighted by molar-refractivity contribution is 5.85. The number of carboxylic acids is 1. The van der Waals surface area contributed by atoms with E-state index in [0.717, 1.165) is 22.8 Å². The number of aryl methyl sites for hydroxylation is 2. The van der Waals surface area contributed by atoms with Crippen molar-refractivity contribution in [1.82, 2.24) is 0 Å². The quantitative estimate of drug-likeness (QED) is 0.828. The summed E-state index contributed by atoms with van der Waals surface area (Å²) in [6.07, 6.45) is 2.11. The minimum absolute atomic E-state index is 0.511. The summed E-state index contributed by atoms with van der Waals surface area (Å²) in [5.41, 5.74) is 2.55. The van der Waals surface area contributed by atoms with Gasteiger partial charge in [0.1, 0.15) is 11.8 Å². The van der Waals surface area contributed by atoms with E-state index in [9.17, 15) is 4.79 Å². The van der Waals surface area contributed by atoms with Gasteiger partial charge in [0.15, 0.2) is 6.10 Å². The van der Waals surface area contributed by atoms with Crippen LogP contribution in [0.3, 0.4) is 0 Å². The van der Waals surface area contributed by atoms with Crippen LogP contribution in [0.4, 0.5) is 0 Å². The molecule has 1 atom stereocenters. The van der Waals surface area contributed by atoms with E-state index in [1.165, 1.54) is 6.08 Å². The van der Waals surface area contributed by atoms with Crippen LogP contribution in [-0.4, -0.2) is 17.2 Å². The predicted octanol–water partition coefficient (Wildman–Crippen LogP) is 2.69. The fourth-order valence-corrected chi connectivity index (χ4v) is 1.64. The van der Waals surface area contributed by atoms with Gasteiger partial charge < -0.3 is 9.84 Å². The average Bonchev–Trinajstić information content (AvgIpc) is 2.30. The molecule has 1 aromatic rings. The molecule has 1 unspecified atom stereocenters. The number of ether oxygens (including phenoxy) is 1. The van der Waals surface area contributed by atoms with Gasteiger partial charge in [-0.05, 0) is 55.7 Å². The van der Waals surface area contributed by atoms with Crippen LogP contribution in [0.2, 0.25) is 0 Å². The van der Waals surface area contributed by atoms with Gasteiger partial charge in [0.2, 0.25) is 0 Å². The Balaban J connectivity index is 3.05. The third kappa shape index (κ3) is 3.63. The lowest BCUT2D eigenvalue weighted by molar-refractivity contribution is -0.131. The average molecular weight is 245 g/mol. The molecule has 1 N–H and O–H groups in total. The van der Waals surface area contributed by atoms with E-state index >= 15 is 0 Å². The maximum absolute atomic E-state index is 10.4. The molecule has 0 heterocycles. The molecule has 0 radical (unpaired) electrons. The largest absolute Gasteiger partial charge is 0.478 e. The molecule has 0 aromatic heterocycles. The van der Waals surface area contributed by atoms with Crippen molar-refractivity contribution in [1.29, 1.82) is 5.26 Å². The number of nitrogens with zero attached hydrogens (tertiary/aromatic N) is 1. The molecular formula is C14H15NO3. The lowest BCUT2D eigenvalue weighted by Crippen LogP contribution is -2.10. The van der Waals surface area contributed by atoms with E-state index in [0.29, 0.717) is 5.75 Å². The summed E-state index contributed by atoms with van der Waals surface area (Å²) < 4.78 is 5.50. The first-order valence-electron chi connectivity index (χ1n) is 5.52. The molecule has 94 valence electrons. The number of carboxylic acid groups (broad SMARTS) is 1. The number of aliphatic carboxylic acids is 1. The third-order valence-corrected chi connectivity index (χ3v) is 2.38. The number of hydrogen-bond acceptors (Lipinski definition) is 3. The number of nitriles is 1. The first-order valence-corrected chi connectivity index (χ1v) is 5.52. The van der Waals surface area contributed by atoms with Crippen LogP contribution in [0, 0.1) is 25.2 Å². The fourth-order valence-electron chi connectivity index (χ4n) is 1.64. The molecule has 0 aliphatic rings. The van der Waals surface area contributed by atoms with Gasteiger partial charge >= 0.3 is 5.97 Å². The van der Waals surface area contributed by atoms with E-state index in [4.69, 9.17) is 15.1 Å². The fraction of sp³-hybridized carbons (Fsp3) is 0.286. The number of hydrogen-bond donors (Lipinski definition) is 1. The predicted molar refractivity (Wildman–Crippen MR) is 68.3 cm³/mol. The van der Waals surface area contributed by atoms with Crippen LogP contribution < -0.4 is 4.74 Å². The standard InChI is InChI=1S/C14H15NO3/c1-9-6-12(4-5-13(16)17)7-10(2)14(9)18-11(3)8-15/h4-7,11H,1-3H3,(H,16,17). The molecule has 0 amide bonds. The second-order valence-corrected chi connectivity index (χ2v) is 4.04. The summed E-state index contributed by atoms with van der Waals surface area (Å²) in [6, 6.07) is 5.66. The lowest BCUT2D eigenvalue weighted by Gasteiger charge is -2.14. The van der Waals surface area contributed by atoms with Crippen molar-refractivity contribution < 1.29 is 14.6 Å². The number of carbonyl (C=O) groups is 1. The van der Waals surface area contributed by atoms with Crippen molar-refractivity contribution in [3.63, 3.8) is 0 Å². The van der Waals surface area contributed by atoms with Crippen LogP contribution >= 0.6 is 0 Å². The maximum Gasteiger partial charge on any atom is 0.328 e. The summed E-state index contributed by atoms with van der Waals surface area (Å²) in [7, 11) is 0. The van der Waals surface area contributed by atoms with Gasteiger partial charge in [0, 0.05) is 6.08 Å². The van der Waals surface area contributed by atoms with E-state index in [2.05, 4.69) is 0 Å². The van der Waals surface area contributed by atoms with Gasteiger partial charge in [-0.3, -0.25) is 0 Å². The van der Waals surface area contributed by atoms with Crippen molar-refractivity contribution in [2.75, 3.05) is 0 Å². The number of benzene rings is 1. The summed E-state index contributed by atoms with van der Waals surface area (Å²) in [4.78, 5) is 10.4. The summed E-state index contributed by atoms with van der Waals surface area (Å²) in [6.45, 7) is 5.41. The highest BCUT2D eigenvalue weighted by Crippen LogP contribution is 2.26. The zero-order chi connectivity index (χ0) is 13.7. The summed E-state index contributed by atoms with van der Waals surface area (Å²) in [5, 5.41) is 17.3.